The number of hydrogen-bond donors (Lipinski definition) is 1. The molecule has 4 heteroatoms. The van der Waals surface area contributed by atoms with Crippen LogP contribution < -0.4 is 10.1 Å². The van der Waals surface area contributed by atoms with Gasteiger partial charge in [-0.2, -0.15) is 0 Å². The van der Waals surface area contributed by atoms with Gasteiger partial charge in [-0.1, -0.05) is 31.5 Å². The van der Waals surface area contributed by atoms with Crippen LogP contribution in [0.15, 0.2) is 18.2 Å². The average molecular weight is 286 g/mol. The van der Waals surface area contributed by atoms with Crippen molar-refractivity contribution >= 4 is 11.6 Å². The largest absolute Gasteiger partial charge is 0.491 e. The van der Waals surface area contributed by atoms with E-state index in [-0.39, 0.29) is 6.04 Å². The van der Waals surface area contributed by atoms with E-state index >= 15 is 0 Å². The van der Waals surface area contributed by atoms with E-state index in [0.717, 1.165) is 35.9 Å². The number of nitrogens with one attached hydrogen (secondary N) is 1. The van der Waals surface area contributed by atoms with Crippen molar-refractivity contribution in [2.24, 2.45) is 0 Å². The number of benzene rings is 1. The molecule has 0 spiro atoms. The summed E-state index contributed by atoms with van der Waals surface area (Å²) in [7, 11) is 0. The summed E-state index contributed by atoms with van der Waals surface area (Å²) in [4.78, 5) is 0. The van der Waals surface area contributed by atoms with Crippen LogP contribution in [0.2, 0.25) is 5.02 Å². The predicted octanol–water partition coefficient (Wildman–Crippen LogP) is 3.82. The molecule has 1 aromatic carbocycles. The predicted molar refractivity (Wildman–Crippen MR) is 80.1 cm³/mol. The quantitative estimate of drug-likeness (QED) is 0.700. The Balaban J connectivity index is 2.47. The van der Waals surface area contributed by atoms with E-state index in [2.05, 4.69) is 26.1 Å². The number of halogens is 1. The van der Waals surface area contributed by atoms with Crippen LogP contribution >= 0.6 is 11.6 Å². The van der Waals surface area contributed by atoms with Crippen molar-refractivity contribution in [1.82, 2.24) is 5.32 Å². The Morgan fingerprint density at radius 1 is 1.21 bits per heavy atom. The van der Waals surface area contributed by atoms with E-state index in [0.29, 0.717) is 13.2 Å². The molecule has 3 nitrogen and oxygen atoms in total. The molecule has 0 aliphatic carbocycles. The highest BCUT2D eigenvalue weighted by Crippen LogP contribution is 2.27. The Morgan fingerprint density at radius 2 is 2.00 bits per heavy atom. The first-order valence-corrected chi connectivity index (χ1v) is 7.30. The van der Waals surface area contributed by atoms with Gasteiger partial charge in [-0.3, -0.25) is 0 Å². The SMILES string of the molecule is CCCOCCOc1ccc(C(C)NCC)c(Cl)c1. The second-order valence-corrected chi connectivity index (χ2v) is 4.83. The molecular weight excluding hydrogens is 262 g/mol. The minimum Gasteiger partial charge on any atom is -0.491 e. The van der Waals surface area contributed by atoms with Crippen molar-refractivity contribution in [3.8, 4) is 5.75 Å². The molecule has 1 atom stereocenters. The first-order chi connectivity index (χ1) is 9.19. The van der Waals surface area contributed by atoms with Crippen LogP contribution in [0.3, 0.4) is 0 Å². The molecule has 1 N–H and O–H groups in total. The van der Waals surface area contributed by atoms with Crippen molar-refractivity contribution in [1.29, 1.82) is 0 Å². The van der Waals surface area contributed by atoms with E-state index in [1.54, 1.807) is 0 Å². The highest BCUT2D eigenvalue weighted by molar-refractivity contribution is 6.31. The maximum Gasteiger partial charge on any atom is 0.120 e. The third kappa shape index (κ3) is 5.81. The minimum absolute atomic E-state index is 0.249. The molecule has 0 amide bonds. The summed E-state index contributed by atoms with van der Waals surface area (Å²) >= 11 is 6.27. The maximum atomic E-state index is 6.27. The molecule has 108 valence electrons. The fraction of sp³-hybridized carbons (Fsp3) is 0.600. The third-order valence-electron chi connectivity index (χ3n) is 2.79. The van der Waals surface area contributed by atoms with Gasteiger partial charge in [0, 0.05) is 17.7 Å². The molecule has 0 saturated heterocycles. The Kier molecular flexibility index (Phi) is 7.87. The van der Waals surface area contributed by atoms with Gasteiger partial charge in [0.2, 0.25) is 0 Å². The van der Waals surface area contributed by atoms with E-state index in [9.17, 15) is 0 Å². The summed E-state index contributed by atoms with van der Waals surface area (Å²) in [5.41, 5.74) is 1.10. The van der Waals surface area contributed by atoms with E-state index in [1.807, 2.05) is 18.2 Å². The van der Waals surface area contributed by atoms with Crippen LogP contribution in [-0.4, -0.2) is 26.4 Å². The van der Waals surface area contributed by atoms with Crippen LogP contribution in [0.4, 0.5) is 0 Å². The first kappa shape index (κ1) is 16.3. The molecule has 0 bridgehead atoms. The Hall–Kier alpha value is -0.770. The highest BCUT2D eigenvalue weighted by atomic mass is 35.5. The Morgan fingerprint density at radius 3 is 2.63 bits per heavy atom. The number of rotatable bonds is 9. The molecule has 0 saturated carbocycles. The summed E-state index contributed by atoms with van der Waals surface area (Å²) < 4.78 is 11.0. The normalized spacial score (nSPS) is 12.4. The molecule has 19 heavy (non-hydrogen) atoms. The van der Waals surface area contributed by atoms with Gasteiger partial charge in [-0.05, 0) is 37.6 Å². The summed E-state index contributed by atoms with van der Waals surface area (Å²) in [6, 6.07) is 6.08. The summed E-state index contributed by atoms with van der Waals surface area (Å²) in [6.45, 7) is 9.14. The Labute approximate surface area is 121 Å². The number of hydrogen-bond acceptors (Lipinski definition) is 3. The van der Waals surface area contributed by atoms with Crippen molar-refractivity contribution < 1.29 is 9.47 Å². The highest BCUT2D eigenvalue weighted by Gasteiger charge is 2.09. The molecule has 1 rings (SSSR count). The van der Waals surface area contributed by atoms with E-state index in [1.165, 1.54) is 0 Å². The molecule has 0 aliphatic heterocycles. The van der Waals surface area contributed by atoms with Crippen molar-refractivity contribution in [3.63, 3.8) is 0 Å². The smallest absolute Gasteiger partial charge is 0.120 e. The molecule has 0 aromatic heterocycles. The topological polar surface area (TPSA) is 30.5 Å². The van der Waals surface area contributed by atoms with Crippen LogP contribution in [0.5, 0.6) is 5.75 Å². The second kappa shape index (κ2) is 9.18. The van der Waals surface area contributed by atoms with Crippen LogP contribution in [0.25, 0.3) is 0 Å². The van der Waals surface area contributed by atoms with Gasteiger partial charge < -0.3 is 14.8 Å². The lowest BCUT2D eigenvalue weighted by Gasteiger charge is -2.15. The van der Waals surface area contributed by atoms with Crippen LogP contribution in [0.1, 0.15) is 38.8 Å². The van der Waals surface area contributed by atoms with Crippen LogP contribution in [0, 0.1) is 0 Å². The lowest BCUT2D eigenvalue weighted by atomic mass is 10.1. The molecule has 0 radical (unpaired) electrons. The lowest BCUT2D eigenvalue weighted by Crippen LogP contribution is -2.18. The van der Waals surface area contributed by atoms with Gasteiger partial charge >= 0.3 is 0 Å². The van der Waals surface area contributed by atoms with Gasteiger partial charge in [0.15, 0.2) is 0 Å². The maximum absolute atomic E-state index is 6.27. The van der Waals surface area contributed by atoms with Crippen molar-refractivity contribution in [2.45, 2.75) is 33.2 Å². The lowest BCUT2D eigenvalue weighted by molar-refractivity contribution is 0.101. The van der Waals surface area contributed by atoms with Crippen molar-refractivity contribution in [3.05, 3.63) is 28.8 Å². The third-order valence-corrected chi connectivity index (χ3v) is 3.12. The molecule has 0 heterocycles. The van der Waals surface area contributed by atoms with Gasteiger partial charge in [-0.15, -0.1) is 0 Å². The minimum atomic E-state index is 0.249. The summed E-state index contributed by atoms with van der Waals surface area (Å²) in [5.74, 6) is 0.789. The average Bonchev–Trinajstić information content (AvgIpc) is 2.39. The molecule has 0 aliphatic rings. The Bertz CT molecular complexity index is 371. The van der Waals surface area contributed by atoms with E-state index in [4.69, 9.17) is 21.1 Å². The zero-order valence-electron chi connectivity index (χ0n) is 12.0. The molecule has 1 aromatic rings. The molecule has 0 fully saturated rings. The van der Waals surface area contributed by atoms with Crippen LogP contribution in [-0.2, 0) is 4.74 Å². The molecule has 1 unspecified atom stereocenters. The van der Waals surface area contributed by atoms with Gasteiger partial charge in [-0.25, -0.2) is 0 Å². The summed E-state index contributed by atoms with van der Waals surface area (Å²) in [5, 5.41) is 4.08. The van der Waals surface area contributed by atoms with Gasteiger partial charge in [0.25, 0.3) is 0 Å². The van der Waals surface area contributed by atoms with Gasteiger partial charge in [0.1, 0.15) is 12.4 Å². The standard InChI is InChI=1S/C15H24ClNO2/c1-4-8-18-9-10-19-13-6-7-14(15(16)11-13)12(3)17-5-2/h6-7,11-12,17H,4-5,8-10H2,1-3H3. The fourth-order valence-electron chi connectivity index (χ4n) is 1.83. The zero-order chi connectivity index (χ0) is 14.1. The number of ether oxygens (including phenoxy) is 2. The zero-order valence-corrected chi connectivity index (χ0v) is 12.8. The second-order valence-electron chi connectivity index (χ2n) is 4.42. The fourth-order valence-corrected chi connectivity index (χ4v) is 2.16. The first-order valence-electron chi connectivity index (χ1n) is 6.92. The molecular formula is C15H24ClNO2. The van der Waals surface area contributed by atoms with Gasteiger partial charge in [0.05, 0.1) is 6.61 Å². The monoisotopic (exact) mass is 285 g/mol. The summed E-state index contributed by atoms with van der Waals surface area (Å²) in [6.07, 6.45) is 1.03. The van der Waals surface area contributed by atoms with E-state index < -0.39 is 0 Å². The van der Waals surface area contributed by atoms with Crippen molar-refractivity contribution in [2.75, 3.05) is 26.4 Å².